The van der Waals surface area contributed by atoms with Gasteiger partial charge in [0.15, 0.2) is 5.06 Å². The fourth-order valence-corrected chi connectivity index (χ4v) is 8.62. The molecule has 2 aromatic carbocycles. The van der Waals surface area contributed by atoms with E-state index in [1.807, 2.05) is 29.2 Å². The number of rotatable bonds is 7. The number of aromatic nitrogens is 1. The minimum atomic E-state index is -1.33. The van der Waals surface area contributed by atoms with Crippen LogP contribution in [0.2, 0.25) is 5.02 Å². The molecule has 0 spiro atoms. The van der Waals surface area contributed by atoms with Crippen molar-refractivity contribution >= 4 is 45.2 Å². The minimum absolute atomic E-state index is 0.0297. The Morgan fingerprint density at radius 1 is 0.977 bits per heavy atom. The second-order valence-corrected chi connectivity index (χ2v) is 13.4. The van der Waals surface area contributed by atoms with Crippen LogP contribution in [0.4, 0.5) is 4.79 Å². The van der Waals surface area contributed by atoms with Gasteiger partial charge in [-0.2, -0.15) is 0 Å². The van der Waals surface area contributed by atoms with E-state index in [0.717, 1.165) is 65.8 Å². The van der Waals surface area contributed by atoms with E-state index in [-0.39, 0.29) is 12.5 Å². The number of morpholine rings is 1. The number of carbonyl (C=O) groups excluding carboxylic acids is 1. The van der Waals surface area contributed by atoms with Crippen LogP contribution in [0.1, 0.15) is 60.3 Å². The summed E-state index contributed by atoms with van der Waals surface area (Å²) >= 11 is 7.76. The predicted octanol–water partition coefficient (Wildman–Crippen LogP) is 7.50. The van der Waals surface area contributed by atoms with Crippen LogP contribution >= 0.6 is 22.9 Å². The Morgan fingerprint density at radius 2 is 1.66 bits per heavy atom. The smallest absolute Gasteiger partial charge is 0.449 e. The highest BCUT2D eigenvalue weighted by Gasteiger charge is 2.34. The van der Waals surface area contributed by atoms with Crippen molar-refractivity contribution in [2.75, 3.05) is 26.3 Å². The molecule has 44 heavy (non-hydrogen) atoms. The summed E-state index contributed by atoms with van der Waals surface area (Å²) in [6.45, 7) is 4.38. The van der Waals surface area contributed by atoms with E-state index in [2.05, 4.69) is 33.7 Å². The van der Waals surface area contributed by atoms with Gasteiger partial charge in [-0.25, -0.2) is 4.79 Å². The Hall–Kier alpha value is -3.37. The Morgan fingerprint density at radius 3 is 2.32 bits per heavy atom. The fourth-order valence-electron chi connectivity index (χ4n) is 7.20. The van der Waals surface area contributed by atoms with Gasteiger partial charge in [0.2, 0.25) is 5.91 Å². The third-order valence-electron chi connectivity index (χ3n) is 9.24. The Kier molecular flexibility index (Phi) is 8.37. The first-order chi connectivity index (χ1) is 21.5. The van der Waals surface area contributed by atoms with Crippen molar-refractivity contribution < 1.29 is 24.2 Å². The quantitative estimate of drug-likeness (QED) is 0.212. The number of halogens is 1. The van der Waals surface area contributed by atoms with Gasteiger partial charge < -0.3 is 24.0 Å². The number of nitrogens with zero attached hydrogens (tertiary/aromatic N) is 3. The van der Waals surface area contributed by atoms with Crippen molar-refractivity contribution in [2.45, 2.75) is 64.2 Å². The molecule has 230 valence electrons. The molecule has 4 heterocycles. The Labute approximate surface area is 265 Å². The van der Waals surface area contributed by atoms with Crippen molar-refractivity contribution in [3.63, 3.8) is 0 Å². The van der Waals surface area contributed by atoms with Gasteiger partial charge >= 0.3 is 6.16 Å². The molecule has 0 unspecified atom stereocenters. The predicted molar refractivity (Wildman–Crippen MR) is 172 cm³/mol. The number of hydrogen-bond donors (Lipinski definition) is 1. The summed E-state index contributed by atoms with van der Waals surface area (Å²) in [6.07, 6.45) is 4.29. The molecule has 1 aliphatic carbocycles. The van der Waals surface area contributed by atoms with Gasteiger partial charge in [0.1, 0.15) is 6.54 Å². The van der Waals surface area contributed by atoms with Crippen LogP contribution in [0.5, 0.6) is 5.06 Å². The molecule has 2 aromatic heterocycles. The van der Waals surface area contributed by atoms with E-state index in [1.54, 1.807) is 0 Å². The standard InChI is InChI=1S/C34H36ClN3O5S/c35-26-12-10-23(11-13-26)30-29(22-6-2-1-3-7-22)32-31(38(30)21-28(39)37-14-16-42-17-15-37)27(33(44-32)43-34(40)41)20-36-18-24-8-4-5-9-25(24)19-36/h4-5,8-13,22H,1-3,6-7,14-21H2,(H,40,41). The number of benzene rings is 2. The molecular formula is C34H36ClN3O5S. The van der Waals surface area contributed by atoms with Crippen molar-refractivity contribution in [3.8, 4) is 16.3 Å². The summed E-state index contributed by atoms with van der Waals surface area (Å²) in [5.74, 6) is 0.332. The van der Waals surface area contributed by atoms with Gasteiger partial charge in [-0.15, -0.1) is 0 Å². The maximum Gasteiger partial charge on any atom is 0.512 e. The third-order valence-corrected chi connectivity index (χ3v) is 10.6. The first-order valence-corrected chi connectivity index (χ1v) is 16.6. The summed E-state index contributed by atoms with van der Waals surface area (Å²) < 4.78 is 14.2. The van der Waals surface area contributed by atoms with Crippen molar-refractivity contribution in [3.05, 3.63) is 75.8 Å². The molecule has 1 saturated carbocycles. The van der Waals surface area contributed by atoms with Crippen LogP contribution < -0.4 is 4.74 Å². The molecule has 2 fully saturated rings. The highest BCUT2D eigenvalue weighted by molar-refractivity contribution is 7.21. The van der Waals surface area contributed by atoms with Crippen LogP contribution in [0.15, 0.2) is 48.5 Å². The van der Waals surface area contributed by atoms with Gasteiger partial charge in [-0.1, -0.05) is 78.6 Å². The van der Waals surface area contributed by atoms with Crippen LogP contribution in [-0.4, -0.2) is 57.8 Å². The highest BCUT2D eigenvalue weighted by Crippen LogP contribution is 2.51. The van der Waals surface area contributed by atoms with Gasteiger partial charge in [0.25, 0.3) is 0 Å². The zero-order valence-corrected chi connectivity index (χ0v) is 26.2. The van der Waals surface area contributed by atoms with E-state index in [0.29, 0.717) is 48.9 Å². The van der Waals surface area contributed by atoms with Crippen molar-refractivity contribution in [1.29, 1.82) is 0 Å². The first kappa shape index (κ1) is 29.3. The fraction of sp³-hybridized carbons (Fsp3) is 0.412. The second-order valence-electron chi connectivity index (χ2n) is 12.0. The summed E-state index contributed by atoms with van der Waals surface area (Å²) in [7, 11) is 0. The number of fused-ring (bicyclic) bond motifs is 2. The van der Waals surface area contributed by atoms with E-state index < -0.39 is 6.16 Å². The molecular weight excluding hydrogens is 598 g/mol. The van der Waals surface area contributed by atoms with Gasteiger partial charge in [-0.05, 0) is 53.1 Å². The number of ether oxygens (including phenoxy) is 2. The lowest BCUT2D eigenvalue weighted by Crippen LogP contribution is -2.42. The average Bonchev–Trinajstić information content (AvgIpc) is 3.69. The minimum Gasteiger partial charge on any atom is -0.449 e. The number of hydrogen-bond acceptors (Lipinski definition) is 6. The van der Waals surface area contributed by atoms with Gasteiger partial charge in [0, 0.05) is 43.3 Å². The molecule has 10 heteroatoms. The lowest BCUT2D eigenvalue weighted by atomic mass is 9.83. The molecule has 3 aliphatic rings. The van der Waals surface area contributed by atoms with Crippen LogP contribution in [0.3, 0.4) is 0 Å². The zero-order valence-electron chi connectivity index (χ0n) is 24.6. The summed E-state index contributed by atoms with van der Waals surface area (Å²) in [6, 6.07) is 16.3. The van der Waals surface area contributed by atoms with Crippen molar-refractivity contribution in [2.24, 2.45) is 0 Å². The second kappa shape index (κ2) is 12.6. The maximum absolute atomic E-state index is 13.9. The molecule has 0 radical (unpaired) electrons. The molecule has 0 atom stereocenters. The molecule has 7 rings (SSSR count). The number of carboxylic acid groups (broad SMARTS) is 1. The van der Waals surface area contributed by atoms with Gasteiger partial charge in [-0.3, -0.25) is 9.69 Å². The highest BCUT2D eigenvalue weighted by atomic mass is 35.5. The molecule has 1 amide bonds. The lowest BCUT2D eigenvalue weighted by Gasteiger charge is -2.28. The molecule has 1 saturated heterocycles. The molecule has 8 nitrogen and oxygen atoms in total. The van der Waals surface area contributed by atoms with Crippen LogP contribution in [-0.2, 0) is 35.7 Å². The topological polar surface area (TPSA) is 84.2 Å². The van der Waals surface area contributed by atoms with Crippen LogP contribution in [0.25, 0.3) is 21.5 Å². The molecule has 4 aromatic rings. The first-order valence-electron chi connectivity index (χ1n) is 15.5. The van der Waals surface area contributed by atoms with E-state index in [1.165, 1.54) is 34.4 Å². The Balaban J connectivity index is 1.42. The van der Waals surface area contributed by atoms with E-state index in [9.17, 15) is 14.7 Å². The number of carbonyl (C=O) groups is 2. The molecule has 2 aliphatic heterocycles. The molecule has 0 bridgehead atoms. The maximum atomic E-state index is 13.9. The summed E-state index contributed by atoms with van der Waals surface area (Å²) in [5.41, 5.74) is 7.54. The summed E-state index contributed by atoms with van der Waals surface area (Å²) in [4.78, 5) is 30.1. The normalized spacial score (nSPS) is 17.7. The lowest BCUT2D eigenvalue weighted by molar-refractivity contribution is -0.135. The molecule has 1 N–H and O–H groups in total. The number of thiophene rings is 1. The largest absolute Gasteiger partial charge is 0.512 e. The third kappa shape index (κ3) is 5.74. The SMILES string of the molecule is O=C(O)Oc1sc2c(C3CCCCC3)c(-c3ccc(Cl)cc3)n(CC(=O)N3CCOCC3)c2c1CN1Cc2ccccc2C1. The summed E-state index contributed by atoms with van der Waals surface area (Å²) in [5, 5.41) is 10.8. The van der Waals surface area contributed by atoms with Gasteiger partial charge in [0.05, 0.1) is 29.1 Å². The zero-order chi connectivity index (χ0) is 30.2. The van der Waals surface area contributed by atoms with Crippen molar-refractivity contribution in [1.82, 2.24) is 14.4 Å². The van der Waals surface area contributed by atoms with Crippen LogP contribution in [0, 0.1) is 0 Å². The monoisotopic (exact) mass is 633 g/mol. The number of amides is 1. The van der Waals surface area contributed by atoms with E-state index in [4.69, 9.17) is 21.1 Å². The Bertz CT molecular complexity index is 1660. The average molecular weight is 634 g/mol. The van der Waals surface area contributed by atoms with E-state index >= 15 is 0 Å².